The second-order valence-electron chi connectivity index (χ2n) is 8.44. The van der Waals surface area contributed by atoms with Gasteiger partial charge in [0.1, 0.15) is 6.61 Å². The van der Waals surface area contributed by atoms with E-state index in [0.717, 1.165) is 23.8 Å². The Balaban J connectivity index is 1.33. The van der Waals surface area contributed by atoms with Crippen molar-refractivity contribution in [1.29, 1.82) is 0 Å². The molecule has 1 aliphatic rings. The topological polar surface area (TPSA) is 21.6 Å². The SMILES string of the molecule is CCCCCCCCCCCCCCCCSCC1COC(c2ccccc2)=N1. The highest BCUT2D eigenvalue weighted by molar-refractivity contribution is 7.99. The molecule has 0 saturated heterocycles. The fourth-order valence-electron chi connectivity index (χ4n) is 3.86. The molecule has 1 atom stereocenters. The number of hydrogen-bond donors (Lipinski definition) is 0. The Labute approximate surface area is 184 Å². The maximum atomic E-state index is 5.77. The molecule has 0 N–H and O–H groups in total. The average molecular weight is 418 g/mol. The van der Waals surface area contributed by atoms with Gasteiger partial charge in [-0.3, -0.25) is 0 Å². The first-order chi connectivity index (χ1) is 14.4. The van der Waals surface area contributed by atoms with E-state index in [0.29, 0.717) is 6.04 Å². The third-order valence-corrected chi connectivity index (χ3v) is 6.88. The van der Waals surface area contributed by atoms with E-state index in [9.17, 15) is 0 Å². The normalized spacial score (nSPS) is 16.0. The fourth-order valence-corrected chi connectivity index (χ4v) is 4.88. The van der Waals surface area contributed by atoms with Crippen molar-refractivity contribution in [1.82, 2.24) is 0 Å². The highest BCUT2D eigenvalue weighted by atomic mass is 32.2. The van der Waals surface area contributed by atoms with Crippen molar-refractivity contribution in [2.45, 2.75) is 103 Å². The molecule has 3 heteroatoms. The molecular weight excluding hydrogens is 374 g/mol. The third kappa shape index (κ3) is 11.7. The van der Waals surface area contributed by atoms with E-state index in [2.05, 4.69) is 19.1 Å². The predicted octanol–water partition coefficient (Wildman–Crippen LogP) is 8.05. The number of aliphatic imine (C=N–C) groups is 1. The summed E-state index contributed by atoms with van der Waals surface area (Å²) in [5.41, 5.74) is 1.10. The van der Waals surface area contributed by atoms with Crippen LogP contribution in [0.15, 0.2) is 35.3 Å². The van der Waals surface area contributed by atoms with Crippen molar-refractivity contribution in [3.63, 3.8) is 0 Å². The molecule has 0 fully saturated rings. The molecule has 0 bridgehead atoms. The average Bonchev–Trinajstić information content (AvgIpc) is 3.23. The first-order valence-electron chi connectivity index (χ1n) is 12.2. The molecule has 2 nitrogen and oxygen atoms in total. The molecule has 0 aromatic heterocycles. The number of thioether (sulfide) groups is 1. The van der Waals surface area contributed by atoms with Crippen molar-refractivity contribution in [2.75, 3.05) is 18.1 Å². The Morgan fingerprint density at radius 2 is 1.34 bits per heavy atom. The van der Waals surface area contributed by atoms with E-state index in [1.54, 1.807) is 0 Å². The summed E-state index contributed by atoms with van der Waals surface area (Å²) in [6.45, 7) is 3.04. The Bertz CT molecular complexity index is 531. The number of benzene rings is 1. The van der Waals surface area contributed by atoms with Gasteiger partial charge in [0.2, 0.25) is 5.90 Å². The predicted molar refractivity (Wildman–Crippen MR) is 130 cm³/mol. The molecular formula is C26H43NOS. The Hall–Kier alpha value is -0.960. The van der Waals surface area contributed by atoms with Crippen molar-refractivity contribution in [2.24, 2.45) is 4.99 Å². The summed E-state index contributed by atoms with van der Waals surface area (Å²) in [5, 5.41) is 0. The molecule has 1 heterocycles. The monoisotopic (exact) mass is 417 g/mol. The fraction of sp³-hybridized carbons (Fsp3) is 0.731. The van der Waals surface area contributed by atoms with Gasteiger partial charge in [-0.05, 0) is 24.3 Å². The summed E-state index contributed by atoms with van der Waals surface area (Å²) >= 11 is 2.04. The van der Waals surface area contributed by atoms with Gasteiger partial charge in [0.15, 0.2) is 0 Å². The summed E-state index contributed by atoms with van der Waals surface area (Å²) in [4.78, 5) is 4.74. The van der Waals surface area contributed by atoms with Crippen LogP contribution in [0.4, 0.5) is 0 Å². The van der Waals surface area contributed by atoms with E-state index in [-0.39, 0.29) is 0 Å². The summed E-state index contributed by atoms with van der Waals surface area (Å²) < 4.78 is 5.77. The van der Waals surface area contributed by atoms with Gasteiger partial charge < -0.3 is 4.74 Å². The molecule has 0 saturated carbocycles. The van der Waals surface area contributed by atoms with E-state index < -0.39 is 0 Å². The molecule has 1 unspecified atom stereocenters. The van der Waals surface area contributed by atoms with Crippen LogP contribution in [0, 0.1) is 0 Å². The summed E-state index contributed by atoms with van der Waals surface area (Å²) in [6, 6.07) is 10.6. The van der Waals surface area contributed by atoms with Gasteiger partial charge in [-0.1, -0.05) is 109 Å². The van der Waals surface area contributed by atoms with Crippen LogP contribution in [-0.4, -0.2) is 30.1 Å². The summed E-state index contributed by atoms with van der Waals surface area (Å²) in [7, 11) is 0. The van der Waals surface area contributed by atoms with Gasteiger partial charge in [-0.2, -0.15) is 11.8 Å². The van der Waals surface area contributed by atoms with E-state index in [1.165, 1.54) is 95.6 Å². The highest BCUT2D eigenvalue weighted by Gasteiger charge is 2.19. The van der Waals surface area contributed by atoms with Crippen LogP contribution in [0.1, 0.15) is 102 Å². The molecule has 164 valence electrons. The van der Waals surface area contributed by atoms with Crippen LogP contribution in [0.2, 0.25) is 0 Å². The number of rotatable bonds is 18. The van der Waals surface area contributed by atoms with Gasteiger partial charge in [0.05, 0.1) is 6.04 Å². The van der Waals surface area contributed by atoms with Crippen LogP contribution >= 0.6 is 11.8 Å². The molecule has 0 aliphatic carbocycles. The quantitative estimate of drug-likeness (QED) is 0.225. The van der Waals surface area contributed by atoms with Gasteiger partial charge in [0.25, 0.3) is 0 Å². The molecule has 29 heavy (non-hydrogen) atoms. The minimum absolute atomic E-state index is 0.335. The first kappa shape index (κ1) is 24.3. The first-order valence-corrected chi connectivity index (χ1v) is 13.4. The van der Waals surface area contributed by atoms with Crippen LogP contribution in [0.3, 0.4) is 0 Å². The Kier molecular flexibility index (Phi) is 14.1. The lowest BCUT2D eigenvalue weighted by molar-refractivity contribution is 0.325. The number of unbranched alkanes of at least 4 members (excludes halogenated alkanes) is 13. The van der Waals surface area contributed by atoms with Gasteiger partial charge in [-0.25, -0.2) is 4.99 Å². The lowest BCUT2D eigenvalue weighted by Gasteiger charge is -2.05. The van der Waals surface area contributed by atoms with E-state index in [4.69, 9.17) is 9.73 Å². The van der Waals surface area contributed by atoms with Crippen LogP contribution in [0.25, 0.3) is 0 Å². The maximum Gasteiger partial charge on any atom is 0.216 e. The van der Waals surface area contributed by atoms with Crippen molar-refractivity contribution >= 4 is 17.7 Å². The standard InChI is InChI=1S/C26H43NOS/c1-2-3-4-5-6-7-8-9-10-11-12-13-14-18-21-29-23-25-22-28-26(27-25)24-19-16-15-17-20-24/h15-17,19-20,25H,2-14,18,21-23H2,1H3. The lowest BCUT2D eigenvalue weighted by atomic mass is 10.0. The lowest BCUT2D eigenvalue weighted by Crippen LogP contribution is -2.09. The zero-order valence-corrected chi connectivity index (χ0v) is 19.6. The Morgan fingerprint density at radius 3 is 1.93 bits per heavy atom. The maximum absolute atomic E-state index is 5.77. The van der Waals surface area contributed by atoms with Gasteiger partial charge in [0, 0.05) is 11.3 Å². The smallest absolute Gasteiger partial charge is 0.216 e. The Morgan fingerprint density at radius 1 is 0.793 bits per heavy atom. The van der Waals surface area contributed by atoms with Crippen LogP contribution in [-0.2, 0) is 4.74 Å². The van der Waals surface area contributed by atoms with Crippen molar-refractivity contribution < 1.29 is 4.74 Å². The number of ether oxygens (including phenoxy) is 1. The largest absolute Gasteiger partial charge is 0.475 e. The van der Waals surface area contributed by atoms with Gasteiger partial charge in [-0.15, -0.1) is 0 Å². The number of nitrogens with zero attached hydrogens (tertiary/aromatic N) is 1. The minimum atomic E-state index is 0.335. The number of hydrogen-bond acceptors (Lipinski definition) is 3. The van der Waals surface area contributed by atoms with E-state index in [1.807, 2.05) is 30.0 Å². The van der Waals surface area contributed by atoms with Gasteiger partial charge >= 0.3 is 0 Å². The molecule has 1 aromatic carbocycles. The molecule has 1 aliphatic heterocycles. The summed E-state index contributed by atoms with van der Waals surface area (Å²) in [6.07, 6.45) is 20.0. The highest BCUT2D eigenvalue weighted by Crippen LogP contribution is 2.18. The zero-order chi connectivity index (χ0) is 20.4. The van der Waals surface area contributed by atoms with Crippen LogP contribution < -0.4 is 0 Å². The molecule has 0 spiro atoms. The molecule has 2 rings (SSSR count). The summed E-state index contributed by atoms with van der Waals surface area (Å²) in [5.74, 6) is 3.19. The second-order valence-corrected chi connectivity index (χ2v) is 9.59. The minimum Gasteiger partial charge on any atom is -0.475 e. The second kappa shape index (κ2) is 16.8. The van der Waals surface area contributed by atoms with Crippen molar-refractivity contribution in [3.05, 3.63) is 35.9 Å². The molecule has 1 aromatic rings. The molecule has 0 radical (unpaired) electrons. The van der Waals surface area contributed by atoms with Crippen molar-refractivity contribution in [3.8, 4) is 0 Å². The molecule has 0 amide bonds. The zero-order valence-electron chi connectivity index (χ0n) is 18.7. The van der Waals surface area contributed by atoms with E-state index >= 15 is 0 Å². The van der Waals surface area contributed by atoms with Crippen LogP contribution in [0.5, 0.6) is 0 Å². The third-order valence-electron chi connectivity index (χ3n) is 5.69.